The molecule has 2 aromatic carbocycles. The molecule has 0 bridgehead atoms. The van der Waals surface area contributed by atoms with Crippen LogP contribution in [0.1, 0.15) is 76.6 Å². The molecule has 0 saturated carbocycles. The number of esters is 2. The number of carbonyl (C=O) groups excluding carboxylic acids is 2. The Morgan fingerprint density at radius 1 is 0.705 bits per heavy atom. The summed E-state index contributed by atoms with van der Waals surface area (Å²) >= 11 is 1.03. The van der Waals surface area contributed by atoms with Gasteiger partial charge < -0.3 is 17.8 Å². The van der Waals surface area contributed by atoms with Crippen LogP contribution < -0.4 is 17.8 Å². The van der Waals surface area contributed by atoms with E-state index in [2.05, 4.69) is 13.2 Å². The van der Waals surface area contributed by atoms with Gasteiger partial charge in [-0.15, -0.1) is 13.2 Å². The number of hydrogen-bond donors (Lipinski definition) is 0. The van der Waals surface area contributed by atoms with Gasteiger partial charge >= 0.3 is 23.3 Å². The number of hydrogen-bond acceptors (Lipinski definition) is 9. The average molecular weight is 663 g/mol. The van der Waals surface area contributed by atoms with Crippen LogP contribution in [0.4, 0.5) is 0 Å². The molecule has 7 nitrogen and oxygen atoms in total. The number of rotatable bonds is 16. The smallest absolute Gasteiger partial charge is 0.417 e. The predicted octanol–water partition coefficient (Wildman–Crippen LogP) is 8.36. The van der Waals surface area contributed by atoms with Crippen LogP contribution in [-0.2, 0) is 31.8 Å². The quantitative estimate of drug-likeness (QED) is 0.0761. The first kappa shape index (κ1) is 37.5. The maximum atomic E-state index is 13.2. The third-order valence-electron chi connectivity index (χ3n) is 6.31. The Bertz CT molecular complexity index is 1250. The monoisotopic (exact) mass is 662 g/mol. The number of aryl methyl sites for hydroxylation is 2. The molecule has 0 aliphatic carbocycles. The molecule has 0 aliphatic rings. The maximum Gasteiger partial charge on any atom is 0.417 e. The lowest BCUT2D eigenvalue weighted by Crippen LogP contribution is -2.19. The Morgan fingerprint density at radius 2 is 1.07 bits per heavy atom. The molecular weight excluding hydrogens is 617 g/mol. The summed E-state index contributed by atoms with van der Waals surface area (Å²) in [6.45, 7) is 22.9. The van der Waals surface area contributed by atoms with E-state index < -0.39 is 22.2 Å². The molecule has 0 amide bonds. The molecule has 0 fully saturated rings. The molecule has 0 aromatic heterocycles. The van der Waals surface area contributed by atoms with Crippen LogP contribution in [-0.4, -0.2) is 39.2 Å². The van der Waals surface area contributed by atoms with Gasteiger partial charge in [0.1, 0.15) is 23.0 Å². The van der Waals surface area contributed by atoms with E-state index in [0.717, 1.165) is 22.6 Å². The highest BCUT2D eigenvalue weighted by molar-refractivity contribution is 7.99. The van der Waals surface area contributed by atoms with Gasteiger partial charge in [-0.2, -0.15) is 27.7 Å². The van der Waals surface area contributed by atoms with Crippen molar-refractivity contribution in [3.05, 3.63) is 71.8 Å². The Hall–Kier alpha value is -2.69. The highest BCUT2D eigenvalue weighted by Gasteiger charge is 2.26. The van der Waals surface area contributed by atoms with Crippen LogP contribution in [0.5, 0.6) is 23.0 Å². The van der Waals surface area contributed by atoms with Crippen molar-refractivity contribution in [1.29, 1.82) is 0 Å². The molecule has 0 heterocycles. The van der Waals surface area contributed by atoms with Crippen LogP contribution in [0.15, 0.2) is 49.6 Å². The molecular formula is C34H46O7S3. The lowest BCUT2D eigenvalue weighted by Gasteiger charge is -2.24. The van der Waals surface area contributed by atoms with Crippen LogP contribution in [0.25, 0.3) is 0 Å². The first-order valence-electron chi connectivity index (χ1n) is 14.4. The van der Waals surface area contributed by atoms with E-state index in [4.69, 9.17) is 17.8 Å². The highest BCUT2D eigenvalue weighted by atomic mass is 32.2. The van der Waals surface area contributed by atoms with Crippen molar-refractivity contribution in [2.75, 3.05) is 23.0 Å². The first-order valence-corrected chi connectivity index (χ1v) is 17.7. The molecule has 0 saturated heterocycles. The summed E-state index contributed by atoms with van der Waals surface area (Å²) in [7, 11) is 0. The molecule has 2 rings (SSSR count). The third-order valence-corrected chi connectivity index (χ3v) is 8.87. The van der Waals surface area contributed by atoms with Crippen molar-refractivity contribution in [2.24, 2.45) is 0 Å². The van der Waals surface area contributed by atoms with Gasteiger partial charge in [0.2, 0.25) is 0 Å². The van der Waals surface area contributed by atoms with E-state index in [-0.39, 0.29) is 24.8 Å². The molecule has 0 N–H and O–H groups in total. The molecule has 0 spiro atoms. The number of ether oxygens (including phenoxy) is 2. The van der Waals surface area contributed by atoms with Crippen LogP contribution in [0, 0.1) is 13.8 Å². The van der Waals surface area contributed by atoms with Gasteiger partial charge in [-0.25, -0.2) is 0 Å². The lowest BCUT2D eigenvalue weighted by atomic mass is 9.85. The molecule has 44 heavy (non-hydrogen) atoms. The van der Waals surface area contributed by atoms with E-state index in [9.17, 15) is 13.8 Å². The van der Waals surface area contributed by atoms with Crippen LogP contribution in [0.3, 0.4) is 0 Å². The van der Waals surface area contributed by atoms with E-state index in [1.54, 1.807) is 73.8 Å². The zero-order valence-corrected chi connectivity index (χ0v) is 29.7. The van der Waals surface area contributed by atoms with E-state index in [0.29, 0.717) is 45.6 Å². The largest absolute Gasteiger partial charge is 0.426 e. The Balaban J connectivity index is 2.26. The second-order valence-electron chi connectivity index (χ2n) is 12.3. The second kappa shape index (κ2) is 17.1. The predicted molar refractivity (Wildman–Crippen MR) is 185 cm³/mol. The summed E-state index contributed by atoms with van der Waals surface area (Å²) in [5, 5.41) is 0. The summed E-state index contributed by atoms with van der Waals surface area (Å²) in [6, 6.07) is 6.94. The summed E-state index contributed by atoms with van der Waals surface area (Å²) in [4.78, 5) is 25.0. The minimum Gasteiger partial charge on any atom is -0.426 e. The standard InChI is InChI=1S/C34H46O7S3/c1-11-15-42-17-13-31(35)38-29-19-23(3)27(21-25(29)33(5,6)7)40-44(37)41-28-22-26(34(8,9)10)30(20-24(28)4)39-32(36)14-18-43-16-12-2/h11-12,19-22H,1-2,13-18H2,3-10H3. The SMILES string of the molecule is C=CCSCCC(=O)Oc1cc(C)c(OS(=O)Oc2cc(C(C)(C)C)c(OC(=O)CCSCC=C)cc2C)cc1C(C)(C)C. The van der Waals surface area contributed by atoms with Crippen molar-refractivity contribution < 1.29 is 31.6 Å². The highest BCUT2D eigenvalue weighted by Crippen LogP contribution is 2.39. The normalized spacial score (nSPS) is 11.7. The van der Waals surface area contributed by atoms with Crippen molar-refractivity contribution in [2.45, 2.75) is 79.1 Å². The molecule has 0 radical (unpaired) electrons. The fraction of sp³-hybridized carbons (Fsp3) is 0.471. The summed E-state index contributed by atoms with van der Waals surface area (Å²) in [6.07, 6.45) is 4.16. The fourth-order valence-electron chi connectivity index (χ4n) is 4.00. The second-order valence-corrected chi connectivity index (χ2v) is 15.3. The molecule has 0 atom stereocenters. The molecule has 2 aromatic rings. The minimum atomic E-state index is -2.20. The zero-order valence-electron chi connectivity index (χ0n) is 27.2. The van der Waals surface area contributed by atoms with Crippen LogP contribution >= 0.6 is 23.5 Å². The number of thioether (sulfide) groups is 2. The van der Waals surface area contributed by atoms with Gasteiger partial charge in [0.05, 0.1) is 12.8 Å². The maximum absolute atomic E-state index is 13.2. The van der Waals surface area contributed by atoms with Gasteiger partial charge in [0.15, 0.2) is 0 Å². The van der Waals surface area contributed by atoms with Gasteiger partial charge in [-0.05, 0) is 60.1 Å². The molecule has 0 aliphatic heterocycles. The molecule has 0 unspecified atom stereocenters. The van der Waals surface area contributed by atoms with E-state index >= 15 is 0 Å². The van der Waals surface area contributed by atoms with Crippen molar-refractivity contribution in [3.63, 3.8) is 0 Å². The van der Waals surface area contributed by atoms with E-state index in [1.165, 1.54) is 0 Å². The van der Waals surface area contributed by atoms with Gasteiger partial charge in [0.25, 0.3) is 0 Å². The summed E-state index contributed by atoms with van der Waals surface area (Å²) in [5.41, 5.74) is 1.97. The molecule has 242 valence electrons. The van der Waals surface area contributed by atoms with E-state index in [1.807, 2.05) is 41.5 Å². The van der Waals surface area contributed by atoms with Crippen LogP contribution in [0.2, 0.25) is 0 Å². The van der Waals surface area contributed by atoms with Gasteiger partial charge in [0, 0.05) is 34.1 Å². The van der Waals surface area contributed by atoms with Gasteiger partial charge in [-0.3, -0.25) is 9.59 Å². The Labute approximate surface area is 274 Å². The fourth-order valence-corrected chi connectivity index (χ4v) is 5.97. The Morgan fingerprint density at radius 3 is 1.39 bits per heavy atom. The third kappa shape index (κ3) is 12.0. The zero-order chi connectivity index (χ0) is 33.1. The minimum absolute atomic E-state index is 0.278. The molecule has 10 heteroatoms. The lowest BCUT2D eigenvalue weighted by molar-refractivity contribution is -0.134. The van der Waals surface area contributed by atoms with Crippen molar-refractivity contribution in [1.82, 2.24) is 0 Å². The summed E-state index contributed by atoms with van der Waals surface area (Å²) < 4.78 is 36.2. The number of carbonyl (C=O) groups is 2. The van der Waals surface area contributed by atoms with Gasteiger partial charge in [-0.1, -0.05) is 53.7 Å². The first-order chi connectivity index (χ1) is 20.6. The Kier molecular flexibility index (Phi) is 14.6. The van der Waals surface area contributed by atoms with Crippen molar-refractivity contribution in [3.8, 4) is 23.0 Å². The summed E-state index contributed by atoms with van der Waals surface area (Å²) in [5.74, 6) is 3.78. The number of benzene rings is 2. The average Bonchev–Trinajstić information content (AvgIpc) is 2.90. The topological polar surface area (TPSA) is 88.1 Å². The van der Waals surface area contributed by atoms with Crippen molar-refractivity contribution >= 4 is 46.8 Å².